The Balaban J connectivity index is 2.09. The highest BCUT2D eigenvalue weighted by Gasteiger charge is 2.09. The predicted octanol–water partition coefficient (Wildman–Crippen LogP) is 2.44. The van der Waals surface area contributed by atoms with Gasteiger partial charge in [0.2, 0.25) is 0 Å². The van der Waals surface area contributed by atoms with Gasteiger partial charge in [-0.1, -0.05) is 29.5 Å². The highest BCUT2D eigenvalue weighted by Crippen LogP contribution is 2.18. The molecular weight excluding hydrogens is 222 g/mol. The number of rotatable bonds is 3. The molecule has 0 spiro atoms. The van der Waals surface area contributed by atoms with Crippen molar-refractivity contribution >= 4 is 28.1 Å². The van der Waals surface area contributed by atoms with Crippen molar-refractivity contribution in [1.82, 2.24) is 4.98 Å². The van der Waals surface area contributed by atoms with Crippen molar-refractivity contribution in [1.29, 1.82) is 0 Å². The first kappa shape index (κ1) is 10.6. The molecule has 5 heteroatoms. The van der Waals surface area contributed by atoms with Crippen LogP contribution >= 0.6 is 11.3 Å². The summed E-state index contributed by atoms with van der Waals surface area (Å²) in [4.78, 5) is 16.4. The van der Waals surface area contributed by atoms with Crippen molar-refractivity contribution in [3.05, 3.63) is 41.4 Å². The number of carbonyl (C=O) groups excluding carboxylic acids is 1. The summed E-state index contributed by atoms with van der Waals surface area (Å²) < 4.78 is 0. The summed E-state index contributed by atoms with van der Waals surface area (Å²) in [6, 6.07) is 9.35. The smallest absolute Gasteiger partial charge is 0.267 e. The summed E-state index contributed by atoms with van der Waals surface area (Å²) in [6.45, 7) is 0. The van der Waals surface area contributed by atoms with Crippen molar-refractivity contribution in [3.8, 4) is 0 Å². The minimum absolute atomic E-state index is 0.134. The van der Waals surface area contributed by atoms with Crippen LogP contribution in [0.15, 0.2) is 36.5 Å². The molecule has 2 rings (SSSR count). The van der Waals surface area contributed by atoms with Crippen LogP contribution in [0.3, 0.4) is 0 Å². The van der Waals surface area contributed by atoms with Gasteiger partial charge in [-0.05, 0) is 12.1 Å². The first-order valence-corrected chi connectivity index (χ1v) is 5.61. The van der Waals surface area contributed by atoms with Crippen molar-refractivity contribution in [2.24, 2.45) is 0 Å². The van der Waals surface area contributed by atoms with Gasteiger partial charge in [0, 0.05) is 12.7 Å². The maximum Gasteiger partial charge on any atom is 0.267 e. The molecule has 0 aliphatic rings. The zero-order valence-electron chi connectivity index (χ0n) is 8.73. The third-order valence-electron chi connectivity index (χ3n) is 1.98. The summed E-state index contributed by atoms with van der Waals surface area (Å²) in [5, 5.41) is 6.43. The van der Waals surface area contributed by atoms with Crippen LogP contribution in [-0.2, 0) is 0 Å². The van der Waals surface area contributed by atoms with E-state index in [1.165, 1.54) is 11.3 Å². The van der Waals surface area contributed by atoms with Gasteiger partial charge in [-0.2, -0.15) is 0 Å². The molecule has 0 fully saturated rings. The molecule has 0 bridgehead atoms. The Labute approximate surface area is 97.3 Å². The summed E-state index contributed by atoms with van der Waals surface area (Å²) in [7, 11) is 1.78. The topological polar surface area (TPSA) is 54.0 Å². The average molecular weight is 233 g/mol. The fraction of sp³-hybridized carbons (Fsp3) is 0.0909. The monoisotopic (exact) mass is 233 g/mol. The Bertz CT molecular complexity index is 481. The Hall–Kier alpha value is -1.88. The molecule has 1 heterocycles. The van der Waals surface area contributed by atoms with Gasteiger partial charge in [0.1, 0.15) is 4.88 Å². The lowest BCUT2D eigenvalue weighted by atomic mass is 10.3. The molecule has 0 saturated heterocycles. The molecule has 0 unspecified atom stereocenters. The van der Waals surface area contributed by atoms with E-state index in [1.807, 2.05) is 30.3 Å². The third-order valence-corrected chi connectivity index (χ3v) is 2.99. The second-order valence-corrected chi connectivity index (χ2v) is 4.13. The molecule has 2 N–H and O–H groups in total. The Kier molecular flexibility index (Phi) is 3.16. The zero-order valence-corrected chi connectivity index (χ0v) is 9.54. The molecular formula is C11H11N3OS. The average Bonchev–Trinajstić information content (AvgIpc) is 2.79. The van der Waals surface area contributed by atoms with Crippen LogP contribution in [0.5, 0.6) is 0 Å². The fourth-order valence-corrected chi connectivity index (χ4v) is 1.87. The maximum absolute atomic E-state index is 11.8. The highest BCUT2D eigenvalue weighted by molar-refractivity contribution is 7.17. The van der Waals surface area contributed by atoms with Crippen molar-refractivity contribution in [2.45, 2.75) is 0 Å². The number of thiazole rings is 1. The number of nitrogens with one attached hydrogen (secondary N) is 2. The lowest BCUT2D eigenvalue weighted by Gasteiger charge is -2.01. The van der Waals surface area contributed by atoms with E-state index < -0.39 is 0 Å². The second-order valence-electron chi connectivity index (χ2n) is 3.10. The number of aromatic nitrogens is 1. The highest BCUT2D eigenvalue weighted by atomic mass is 32.1. The molecule has 1 aromatic heterocycles. The largest absolute Gasteiger partial charge is 0.365 e. The first-order valence-electron chi connectivity index (χ1n) is 4.79. The van der Waals surface area contributed by atoms with E-state index in [-0.39, 0.29) is 5.91 Å². The number of amides is 1. The molecule has 0 atom stereocenters. The van der Waals surface area contributed by atoms with Crippen LogP contribution in [0.2, 0.25) is 0 Å². The molecule has 1 aromatic carbocycles. The quantitative estimate of drug-likeness (QED) is 0.856. The number of anilines is 2. The minimum Gasteiger partial charge on any atom is -0.365 e. The van der Waals surface area contributed by atoms with E-state index in [4.69, 9.17) is 0 Å². The van der Waals surface area contributed by atoms with Crippen LogP contribution in [0, 0.1) is 0 Å². The van der Waals surface area contributed by atoms with Crippen LogP contribution in [0.1, 0.15) is 9.67 Å². The van der Waals surface area contributed by atoms with Gasteiger partial charge < -0.3 is 10.6 Å². The number of benzene rings is 1. The fourth-order valence-electron chi connectivity index (χ4n) is 1.21. The Morgan fingerprint density at radius 3 is 2.69 bits per heavy atom. The van der Waals surface area contributed by atoms with Crippen LogP contribution in [-0.4, -0.2) is 17.9 Å². The molecule has 0 aliphatic heterocycles. The molecule has 16 heavy (non-hydrogen) atoms. The van der Waals surface area contributed by atoms with Crippen molar-refractivity contribution < 1.29 is 4.79 Å². The van der Waals surface area contributed by atoms with Gasteiger partial charge in [-0.15, -0.1) is 0 Å². The Morgan fingerprint density at radius 1 is 1.31 bits per heavy atom. The number of hydrogen-bond acceptors (Lipinski definition) is 4. The molecule has 82 valence electrons. The van der Waals surface area contributed by atoms with Gasteiger partial charge in [0.05, 0.1) is 6.20 Å². The van der Waals surface area contributed by atoms with E-state index in [0.29, 0.717) is 4.88 Å². The lowest BCUT2D eigenvalue weighted by molar-refractivity contribution is 0.103. The second kappa shape index (κ2) is 4.76. The van der Waals surface area contributed by atoms with Crippen molar-refractivity contribution in [2.75, 3.05) is 17.7 Å². The van der Waals surface area contributed by atoms with Gasteiger partial charge in [0.25, 0.3) is 5.91 Å². The van der Waals surface area contributed by atoms with Gasteiger partial charge in [-0.25, -0.2) is 4.98 Å². The number of nitrogens with zero attached hydrogens (tertiary/aromatic N) is 1. The van der Waals surface area contributed by atoms with Crippen LogP contribution < -0.4 is 10.6 Å². The predicted molar refractivity (Wildman–Crippen MR) is 66.1 cm³/mol. The van der Waals surface area contributed by atoms with E-state index in [9.17, 15) is 4.79 Å². The normalized spacial score (nSPS) is 9.81. The van der Waals surface area contributed by atoms with Crippen LogP contribution in [0.4, 0.5) is 10.8 Å². The number of carbonyl (C=O) groups is 1. The van der Waals surface area contributed by atoms with Crippen molar-refractivity contribution in [3.63, 3.8) is 0 Å². The zero-order chi connectivity index (χ0) is 11.4. The maximum atomic E-state index is 11.8. The van der Waals surface area contributed by atoms with E-state index >= 15 is 0 Å². The summed E-state index contributed by atoms with van der Waals surface area (Å²) in [5.41, 5.74) is 0.784. The number of para-hydroxylation sites is 1. The Morgan fingerprint density at radius 2 is 2.06 bits per heavy atom. The summed E-state index contributed by atoms with van der Waals surface area (Å²) in [5.74, 6) is -0.134. The van der Waals surface area contributed by atoms with Gasteiger partial charge in [0.15, 0.2) is 5.13 Å². The number of hydrogen-bond donors (Lipinski definition) is 2. The standard InChI is InChI=1S/C11H11N3OS/c1-12-11-13-7-9(16-11)10(15)14-8-5-3-2-4-6-8/h2-7H,1H3,(H,12,13)(H,14,15). The third kappa shape index (κ3) is 2.38. The first-order chi connectivity index (χ1) is 7.79. The molecule has 1 amide bonds. The summed E-state index contributed by atoms with van der Waals surface area (Å²) >= 11 is 1.33. The van der Waals surface area contributed by atoms with E-state index in [2.05, 4.69) is 15.6 Å². The molecule has 2 aromatic rings. The molecule has 0 radical (unpaired) electrons. The van der Waals surface area contributed by atoms with Gasteiger partial charge in [-0.3, -0.25) is 4.79 Å². The molecule has 4 nitrogen and oxygen atoms in total. The minimum atomic E-state index is -0.134. The molecule has 0 saturated carbocycles. The molecule has 0 aliphatic carbocycles. The van der Waals surface area contributed by atoms with Crippen LogP contribution in [0.25, 0.3) is 0 Å². The van der Waals surface area contributed by atoms with E-state index in [0.717, 1.165) is 10.8 Å². The van der Waals surface area contributed by atoms with E-state index in [1.54, 1.807) is 13.2 Å². The summed E-state index contributed by atoms with van der Waals surface area (Å²) in [6.07, 6.45) is 1.56. The lowest BCUT2D eigenvalue weighted by Crippen LogP contribution is -2.09. The SMILES string of the molecule is CNc1ncc(C(=O)Nc2ccccc2)s1. The van der Waals surface area contributed by atoms with Gasteiger partial charge >= 0.3 is 0 Å².